The molecular formula is C81H148O17P2. The molecule has 0 aromatic carbocycles. The maximum atomic E-state index is 13.1. The summed E-state index contributed by atoms with van der Waals surface area (Å²) in [7, 11) is -9.95. The standard InChI is InChI=1S/C81H148O17P2/c1-5-9-13-17-21-25-29-33-37-41-45-49-53-57-61-65-78(83)91-71-76(97-80(85)67-63-59-55-51-47-43-39-35-31-27-23-19-15-11-7-3)73-95-99(87,88)93-69-75(82)70-94-100(89,90)96-74-77(98-81(86)68-64-60-56-52-48-44-40-36-32-28-24-20-16-12-8-4)72-92-79(84)66-62-58-54-50-46-42-38-34-30-26-22-18-14-10-6-2/h23-24,27-28,33,35-37,39-40,75-77,82H,5-22,25-26,29-32,34,38,41-74H2,1-4H3,(H,87,88)(H,89,90)/b27-23-,28-24-,37-33-,39-35-,40-36-/t75-,76+,77+/m0/s1. The summed E-state index contributed by atoms with van der Waals surface area (Å²) in [6.45, 7) is 4.85. The highest BCUT2D eigenvalue weighted by molar-refractivity contribution is 7.47. The predicted molar refractivity (Wildman–Crippen MR) is 409 cm³/mol. The van der Waals surface area contributed by atoms with Crippen LogP contribution in [-0.4, -0.2) is 96.7 Å². The van der Waals surface area contributed by atoms with Crippen molar-refractivity contribution in [1.29, 1.82) is 0 Å². The predicted octanol–water partition coefficient (Wildman–Crippen LogP) is 23.5. The number of allylic oxidation sites excluding steroid dienone is 10. The molecule has 0 spiro atoms. The van der Waals surface area contributed by atoms with Crippen LogP contribution in [0.15, 0.2) is 60.8 Å². The number of unbranched alkanes of at least 4 members (excludes halogenated alkanes) is 41. The second-order valence-corrected chi connectivity index (χ2v) is 30.3. The minimum absolute atomic E-state index is 0.0810. The SMILES string of the molecule is CCCCC/C=C\C/C=C\CCCCCCCC(=O)O[C@H](COC(=O)CCCCCCC/C=C\CCCCCCCC)COP(=O)(O)OC[C@H](O)COP(=O)(O)OC[C@@H](COC(=O)CCCCCCCCCCCCCCCCC)OC(=O)CCCCCCC/C=C\C/C=C\CCCCC. The van der Waals surface area contributed by atoms with Gasteiger partial charge in [-0.05, 0) is 116 Å². The van der Waals surface area contributed by atoms with Crippen LogP contribution in [0.5, 0.6) is 0 Å². The largest absolute Gasteiger partial charge is 0.472 e. The molecule has 19 heteroatoms. The number of hydrogen-bond donors (Lipinski definition) is 3. The summed E-state index contributed by atoms with van der Waals surface area (Å²) in [5.74, 6) is -2.18. The van der Waals surface area contributed by atoms with Crippen LogP contribution < -0.4 is 0 Å². The lowest BCUT2D eigenvalue weighted by Crippen LogP contribution is -2.30. The van der Waals surface area contributed by atoms with Crippen LogP contribution >= 0.6 is 15.6 Å². The maximum absolute atomic E-state index is 13.1. The monoisotopic (exact) mass is 1460 g/mol. The van der Waals surface area contributed by atoms with Crippen LogP contribution in [0.2, 0.25) is 0 Å². The first-order valence-electron chi connectivity index (χ1n) is 40.5. The van der Waals surface area contributed by atoms with Crippen LogP contribution in [0.3, 0.4) is 0 Å². The smallest absolute Gasteiger partial charge is 0.462 e. The molecule has 100 heavy (non-hydrogen) atoms. The molecule has 3 N–H and O–H groups in total. The van der Waals surface area contributed by atoms with Crippen LogP contribution in [0, 0.1) is 0 Å². The van der Waals surface area contributed by atoms with Gasteiger partial charge in [0.1, 0.15) is 19.3 Å². The Morgan fingerprint density at radius 1 is 0.280 bits per heavy atom. The number of phosphoric ester groups is 2. The Morgan fingerprint density at radius 2 is 0.490 bits per heavy atom. The number of esters is 4. The van der Waals surface area contributed by atoms with Gasteiger partial charge in [-0.1, -0.05) is 294 Å². The Balaban J connectivity index is 5.35. The molecule has 0 saturated heterocycles. The van der Waals surface area contributed by atoms with Crippen molar-refractivity contribution < 1.29 is 80.2 Å². The molecule has 0 rings (SSSR count). The summed E-state index contributed by atoms with van der Waals surface area (Å²) < 4.78 is 68.6. The van der Waals surface area contributed by atoms with Crippen molar-refractivity contribution in [3.63, 3.8) is 0 Å². The minimum Gasteiger partial charge on any atom is -0.462 e. The van der Waals surface area contributed by atoms with Crippen LogP contribution in [0.4, 0.5) is 0 Å². The van der Waals surface area contributed by atoms with Crippen molar-refractivity contribution in [2.45, 2.75) is 393 Å². The van der Waals surface area contributed by atoms with Crippen molar-refractivity contribution in [2.75, 3.05) is 39.6 Å². The zero-order chi connectivity index (χ0) is 73.2. The van der Waals surface area contributed by atoms with E-state index in [1.165, 1.54) is 148 Å². The third-order valence-corrected chi connectivity index (χ3v) is 19.4. The summed E-state index contributed by atoms with van der Waals surface area (Å²) >= 11 is 0. The molecule has 0 fully saturated rings. The molecule has 0 saturated carbocycles. The Hall–Kier alpha value is -3.24. The summed E-state index contributed by atoms with van der Waals surface area (Å²) in [5.41, 5.74) is 0. The van der Waals surface area contributed by atoms with Crippen molar-refractivity contribution in [3.8, 4) is 0 Å². The average Bonchev–Trinajstić information content (AvgIpc) is 1.25. The second kappa shape index (κ2) is 74.0. The first kappa shape index (κ1) is 96.8. The first-order valence-corrected chi connectivity index (χ1v) is 43.5. The highest BCUT2D eigenvalue weighted by Gasteiger charge is 2.30. The minimum atomic E-state index is -4.98. The van der Waals surface area contributed by atoms with Gasteiger partial charge in [-0.15, -0.1) is 0 Å². The molecule has 584 valence electrons. The number of carbonyl (C=O) groups excluding carboxylic acids is 4. The number of phosphoric acid groups is 2. The van der Waals surface area contributed by atoms with E-state index in [4.69, 9.17) is 37.0 Å². The lowest BCUT2D eigenvalue weighted by atomic mass is 10.0. The van der Waals surface area contributed by atoms with E-state index in [0.29, 0.717) is 25.7 Å². The molecule has 0 aliphatic heterocycles. The summed E-state index contributed by atoms with van der Waals surface area (Å²) in [5, 5.41) is 10.6. The molecule has 0 aliphatic rings. The van der Waals surface area contributed by atoms with Gasteiger partial charge in [0.25, 0.3) is 0 Å². The first-order chi connectivity index (χ1) is 48.7. The highest BCUT2D eigenvalue weighted by atomic mass is 31.2. The van der Waals surface area contributed by atoms with E-state index >= 15 is 0 Å². The third kappa shape index (κ3) is 73.1. The third-order valence-electron chi connectivity index (χ3n) is 17.5. The molecule has 0 aromatic heterocycles. The van der Waals surface area contributed by atoms with Crippen molar-refractivity contribution >= 4 is 39.5 Å². The lowest BCUT2D eigenvalue weighted by molar-refractivity contribution is -0.161. The van der Waals surface area contributed by atoms with E-state index in [0.717, 1.165) is 148 Å². The maximum Gasteiger partial charge on any atom is 0.472 e. The van der Waals surface area contributed by atoms with Crippen LogP contribution in [-0.2, 0) is 65.4 Å². The van der Waals surface area contributed by atoms with Gasteiger partial charge in [-0.25, -0.2) is 9.13 Å². The Bertz CT molecular complexity index is 2130. The van der Waals surface area contributed by atoms with Gasteiger partial charge in [0.2, 0.25) is 0 Å². The zero-order valence-corrected chi connectivity index (χ0v) is 65.7. The fourth-order valence-corrected chi connectivity index (χ4v) is 12.8. The van der Waals surface area contributed by atoms with Crippen molar-refractivity contribution in [3.05, 3.63) is 60.8 Å². The van der Waals surface area contributed by atoms with Gasteiger partial charge in [-0.2, -0.15) is 0 Å². The molecule has 0 radical (unpaired) electrons. The van der Waals surface area contributed by atoms with Gasteiger partial charge in [-0.3, -0.25) is 37.3 Å². The van der Waals surface area contributed by atoms with Crippen molar-refractivity contribution in [1.82, 2.24) is 0 Å². The van der Waals surface area contributed by atoms with Gasteiger partial charge in [0.15, 0.2) is 12.2 Å². The van der Waals surface area contributed by atoms with Gasteiger partial charge in [0, 0.05) is 25.7 Å². The molecule has 17 nitrogen and oxygen atoms in total. The molecule has 0 bridgehead atoms. The van der Waals surface area contributed by atoms with Gasteiger partial charge < -0.3 is 33.8 Å². The summed E-state index contributed by atoms with van der Waals surface area (Å²) in [6.07, 6.45) is 73.3. The molecule has 0 amide bonds. The summed E-state index contributed by atoms with van der Waals surface area (Å²) in [6, 6.07) is 0. The van der Waals surface area contributed by atoms with E-state index in [1.54, 1.807) is 0 Å². The topological polar surface area (TPSA) is 237 Å². The van der Waals surface area contributed by atoms with Gasteiger partial charge >= 0.3 is 39.5 Å². The Kier molecular flexibility index (Phi) is 71.6. The number of rotatable bonds is 77. The van der Waals surface area contributed by atoms with E-state index in [-0.39, 0.29) is 25.7 Å². The molecule has 0 aliphatic carbocycles. The lowest BCUT2D eigenvalue weighted by Gasteiger charge is -2.21. The van der Waals surface area contributed by atoms with Crippen LogP contribution in [0.1, 0.15) is 374 Å². The Morgan fingerprint density at radius 3 is 0.770 bits per heavy atom. The molecule has 2 unspecified atom stereocenters. The number of carbonyl (C=O) groups is 4. The molecular weight excluding hydrogens is 1310 g/mol. The van der Waals surface area contributed by atoms with E-state index < -0.39 is 97.5 Å². The quantitative estimate of drug-likeness (QED) is 0.0169. The average molecular weight is 1460 g/mol. The van der Waals surface area contributed by atoms with E-state index in [2.05, 4.69) is 88.5 Å². The second-order valence-electron chi connectivity index (χ2n) is 27.4. The number of aliphatic hydroxyl groups excluding tert-OH is 1. The van der Waals surface area contributed by atoms with Gasteiger partial charge in [0.05, 0.1) is 26.4 Å². The van der Waals surface area contributed by atoms with Crippen molar-refractivity contribution in [2.24, 2.45) is 0 Å². The Labute approximate surface area is 610 Å². The zero-order valence-electron chi connectivity index (χ0n) is 63.9. The molecule has 0 heterocycles. The molecule has 0 aromatic rings. The normalized spacial score (nSPS) is 14.2. The number of hydrogen-bond acceptors (Lipinski definition) is 15. The molecule has 5 atom stereocenters. The highest BCUT2D eigenvalue weighted by Crippen LogP contribution is 2.45. The number of ether oxygens (including phenoxy) is 4. The fraction of sp³-hybridized carbons (Fsp3) is 0.827. The summed E-state index contributed by atoms with van der Waals surface area (Å²) in [4.78, 5) is 73.0. The van der Waals surface area contributed by atoms with Crippen LogP contribution in [0.25, 0.3) is 0 Å². The fourth-order valence-electron chi connectivity index (χ4n) is 11.2. The number of aliphatic hydroxyl groups is 1. The van der Waals surface area contributed by atoms with E-state index in [9.17, 15) is 43.2 Å². The van der Waals surface area contributed by atoms with E-state index in [1.807, 2.05) is 0 Å².